The van der Waals surface area contributed by atoms with Crippen molar-refractivity contribution in [2.24, 2.45) is 0 Å². The molecule has 9 heavy (non-hydrogen) atoms. The van der Waals surface area contributed by atoms with Gasteiger partial charge in [0.25, 0.3) is 0 Å². The van der Waals surface area contributed by atoms with E-state index in [1.54, 1.807) is 5.57 Å². The van der Waals surface area contributed by atoms with Crippen molar-refractivity contribution in [1.82, 2.24) is 5.32 Å². The fourth-order valence-corrected chi connectivity index (χ4v) is 1.50. The van der Waals surface area contributed by atoms with Gasteiger partial charge in [-0.15, -0.1) is 0 Å². The molecule has 2 rings (SSSR count). The molecule has 1 saturated heterocycles. The molecule has 1 fully saturated rings. The largest absolute Gasteiger partial charge is 0.307 e. The molecule has 1 heterocycles. The summed E-state index contributed by atoms with van der Waals surface area (Å²) in [7, 11) is 0. The van der Waals surface area contributed by atoms with E-state index in [2.05, 4.69) is 11.4 Å². The van der Waals surface area contributed by atoms with Crippen molar-refractivity contribution in [3.63, 3.8) is 0 Å². The van der Waals surface area contributed by atoms with Crippen molar-refractivity contribution in [2.45, 2.75) is 31.7 Å². The first-order valence-corrected chi connectivity index (χ1v) is 3.89. The predicted octanol–water partition coefficient (Wildman–Crippen LogP) is 1.46. The Morgan fingerprint density at radius 2 is 2.33 bits per heavy atom. The molecule has 1 atom stereocenters. The second kappa shape index (κ2) is 2.14. The van der Waals surface area contributed by atoms with E-state index in [4.69, 9.17) is 0 Å². The highest BCUT2D eigenvalue weighted by Crippen LogP contribution is 2.23. The highest BCUT2D eigenvalue weighted by molar-refractivity contribution is 5.19. The Balaban J connectivity index is 1.99. The Kier molecular flexibility index (Phi) is 1.31. The van der Waals surface area contributed by atoms with Crippen LogP contribution in [0, 0.1) is 0 Å². The quantitative estimate of drug-likeness (QED) is 0.414. The monoisotopic (exact) mass is 123 g/mol. The van der Waals surface area contributed by atoms with Crippen molar-refractivity contribution in [1.29, 1.82) is 0 Å². The van der Waals surface area contributed by atoms with Crippen molar-refractivity contribution >= 4 is 0 Å². The van der Waals surface area contributed by atoms with Gasteiger partial charge in [-0.05, 0) is 25.7 Å². The highest BCUT2D eigenvalue weighted by atomic mass is 15.1. The second-order valence-electron chi connectivity index (χ2n) is 2.99. The number of nitrogens with one attached hydrogen (secondary N) is 1. The first kappa shape index (κ1) is 5.48. The van der Waals surface area contributed by atoms with Crippen LogP contribution in [0.1, 0.15) is 25.7 Å². The summed E-state index contributed by atoms with van der Waals surface area (Å²) >= 11 is 0. The lowest BCUT2D eigenvalue weighted by atomic mass is 9.97. The van der Waals surface area contributed by atoms with E-state index >= 15 is 0 Å². The third kappa shape index (κ3) is 1.16. The molecule has 0 bridgehead atoms. The van der Waals surface area contributed by atoms with Gasteiger partial charge in [0.15, 0.2) is 0 Å². The molecule has 0 saturated carbocycles. The van der Waals surface area contributed by atoms with Crippen LogP contribution in [0.2, 0.25) is 0 Å². The van der Waals surface area contributed by atoms with Crippen LogP contribution in [-0.4, -0.2) is 12.6 Å². The SMILES string of the molecule is C1=C(C2CN2)CCCC1. The molecule has 0 radical (unpaired) electrons. The standard InChI is InChI=1S/C8H13N/c1-2-4-7(5-3-1)8-6-9-8/h4,8-9H,1-3,5-6H2. The maximum Gasteiger partial charge on any atom is 0.0406 e. The number of hydrogen-bond donors (Lipinski definition) is 1. The molecular formula is C8H13N. The Morgan fingerprint density at radius 1 is 1.44 bits per heavy atom. The van der Waals surface area contributed by atoms with Gasteiger partial charge in [-0.2, -0.15) is 0 Å². The molecule has 0 aromatic rings. The molecule has 1 aliphatic carbocycles. The minimum Gasteiger partial charge on any atom is -0.307 e. The molecule has 1 aliphatic heterocycles. The Hall–Kier alpha value is -0.300. The van der Waals surface area contributed by atoms with Crippen molar-refractivity contribution in [2.75, 3.05) is 6.54 Å². The second-order valence-corrected chi connectivity index (χ2v) is 2.99. The average molecular weight is 123 g/mol. The zero-order valence-corrected chi connectivity index (χ0v) is 5.69. The third-order valence-electron chi connectivity index (χ3n) is 2.18. The van der Waals surface area contributed by atoms with Crippen LogP contribution in [0.5, 0.6) is 0 Å². The van der Waals surface area contributed by atoms with Gasteiger partial charge in [0.1, 0.15) is 0 Å². The molecule has 0 aromatic carbocycles. The fourth-order valence-electron chi connectivity index (χ4n) is 1.50. The van der Waals surface area contributed by atoms with E-state index < -0.39 is 0 Å². The lowest BCUT2D eigenvalue weighted by Crippen LogP contribution is -2.00. The van der Waals surface area contributed by atoms with Crippen molar-refractivity contribution in [3.05, 3.63) is 11.6 Å². The molecule has 0 spiro atoms. The summed E-state index contributed by atoms with van der Waals surface area (Å²) in [5.74, 6) is 0. The van der Waals surface area contributed by atoms with E-state index in [0.29, 0.717) is 0 Å². The van der Waals surface area contributed by atoms with Crippen LogP contribution in [0.25, 0.3) is 0 Å². The maximum absolute atomic E-state index is 3.34. The van der Waals surface area contributed by atoms with Crippen LogP contribution in [0.15, 0.2) is 11.6 Å². The summed E-state index contributed by atoms with van der Waals surface area (Å²) in [5, 5.41) is 3.34. The van der Waals surface area contributed by atoms with Gasteiger partial charge in [-0.1, -0.05) is 11.6 Å². The van der Waals surface area contributed by atoms with E-state index in [0.717, 1.165) is 6.04 Å². The van der Waals surface area contributed by atoms with Crippen molar-refractivity contribution in [3.8, 4) is 0 Å². The summed E-state index contributed by atoms with van der Waals surface area (Å²) < 4.78 is 0. The van der Waals surface area contributed by atoms with Crippen molar-refractivity contribution < 1.29 is 0 Å². The van der Waals surface area contributed by atoms with Crippen LogP contribution in [0.4, 0.5) is 0 Å². The summed E-state index contributed by atoms with van der Waals surface area (Å²) in [4.78, 5) is 0. The summed E-state index contributed by atoms with van der Waals surface area (Å²) in [6.45, 7) is 1.24. The van der Waals surface area contributed by atoms with Crippen LogP contribution >= 0.6 is 0 Å². The Bertz CT molecular complexity index is 134. The van der Waals surface area contributed by atoms with E-state index in [1.165, 1.54) is 32.2 Å². The molecule has 1 unspecified atom stereocenters. The minimum atomic E-state index is 0.797. The molecule has 2 aliphatic rings. The summed E-state index contributed by atoms with van der Waals surface area (Å²) in [6, 6.07) is 0.797. The molecule has 50 valence electrons. The van der Waals surface area contributed by atoms with Crippen LogP contribution in [0.3, 0.4) is 0 Å². The first-order chi connectivity index (χ1) is 4.47. The highest BCUT2D eigenvalue weighted by Gasteiger charge is 2.24. The maximum atomic E-state index is 3.34. The zero-order chi connectivity index (χ0) is 6.10. The predicted molar refractivity (Wildman–Crippen MR) is 38.3 cm³/mol. The fraction of sp³-hybridized carbons (Fsp3) is 0.750. The minimum absolute atomic E-state index is 0.797. The number of allylic oxidation sites excluding steroid dienone is 1. The summed E-state index contributed by atoms with van der Waals surface area (Å²) in [5.41, 5.74) is 1.68. The molecule has 0 amide bonds. The molecule has 1 N–H and O–H groups in total. The average Bonchev–Trinajstić information content (AvgIpc) is 2.71. The van der Waals surface area contributed by atoms with Gasteiger partial charge in [-0.3, -0.25) is 0 Å². The molecule has 1 heteroatoms. The van der Waals surface area contributed by atoms with Gasteiger partial charge < -0.3 is 5.32 Å². The first-order valence-electron chi connectivity index (χ1n) is 3.89. The van der Waals surface area contributed by atoms with E-state index in [1.807, 2.05) is 0 Å². The Morgan fingerprint density at radius 3 is 2.89 bits per heavy atom. The normalized spacial score (nSPS) is 33.8. The smallest absolute Gasteiger partial charge is 0.0406 e. The van der Waals surface area contributed by atoms with Gasteiger partial charge in [-0.25, -0.2) is 0 Å². The van der Waals surface area contributed by atoms with Gasteiger partial charge in [0.2, 0.25) is 0 Å². The lowest BCUT2D eigenvalue weighted by Gasteiger charge is -2.09. The zero-order valence-electron chi connectivity index (χ0n) is 5.69. The molecular weight excluding hydrogens is 110 g/mol. The lowest BCUT2D eigenvalue weighted by molar-refractivity contribution is 0.685. The van der Waals surface area contributed by atoms with Gasteiger partial charge in [0, 0.05) is 12.6 Å². The van der Waals surface area contributed by atoms with Gasteiger partial charge >= 0.3 is 0 Å². The van der Waals surface area contributed by atoms with E-state index in [9.17, 15) is 0 Å². The van der Waals surface area contributed by atoms with E-state index in [-0.39, 0.29) is 0 Å². The number of rotatable bonds is 1. The molecule has 1 nitrogen and oxygen atoms in total. The van der Waals surface area contributed by atoms with Gasteiger partial charge in [0.05, 0.1) is 0 Å². The Labute approximate surface area is 56.1 Å². The molecule has 0 aromatic heterocycles. The summed E-state index contributed by atoms with van der Waals surface area (Å²) in [6.07, 6.45) is 7.94. The van der Waals surface area contributed by atoms with Crippen LogP contribution in [-0.2, 0) is 0 Å². The third-order valence-corrected chi connectivity index (χ3v) is 2.18. The van der Waals surface area contributed by atoms with Crippen LogP contribution < -0.4 is 5.32 Å². The number of hydrogen-bond acceptors (Lipinski definition) is 1. The topological polar surface area (TPSA) is 21.9 Å².